The molecule has 0 saturated carbocycles. The fraction of sp³-hybridized carbons (Fsp3) is 0.467. The molecule has 0 unspecified atom stereocenters. The molecule has 0 bridgehead atoms. The van der Waals surface area contributed by atoms with Crippen molar-refractivity contribution >= 4 is 34.2 Å². The van der Waals surface area contributed by atoms with E-state index >= 15 is 0 Å². The summed E-state index contributed by atoms with van der Waals surface area (Å²) < 4.78 is 6.60. The van der Waals surface area contributed by atoms with Crippen LogP contribution in [-0.4, -0.2) is 29.4 Å². The van der Waals surface area contributed by atoms with Gasteiger partial charge in [0.05, 0.1) is 29.0 Å². The number of rotatable bonds is 4. The minimum atomic E-state index is -0.139. The van der Waals surface area contributed by atoms with Crippen molar-refractivity contribution in [3.05, 3.63) is 22.7 Å². The number of carbonyl (C=O) groups is 1. The van der Waals surface area contributed by atoms with Gasteiger partial charge in [-0.25, -0.2) is 0 Å². The SMILES string of the molecule is CC.COCCC(=O)Nc1nn(C)c2c(C)ccc(Cl)c12. The summed E-state index contributed by atoms with van der Waals surface area (Å²) in [5.41, 5.74) is 1.99. The van der Waals surface area contributed by atoms with Crippen molar-refractivity contribution in [1.82, 2.24) is 9.78 Å². The number of anilines is 1. The van der Waals surface area contributed by atoms with E-state index in [1.165, 1.54) is 0 Å². The van der Waals surface area contributed by atoms with Crippen molar-refractivity contribution in [2.24, 2.45) is 7.05 Å². The van der Waals surface area contributed by atoms with Gasteiger partial charge in [0.1, 0.15) is 0 Å². The zero-order chi connectivity index (χ0) is 16.0. The minimum absolute atomic E-state index is 0.139. The summed E-state index contributed by atoms with van der Waals surface area (Å²) in [5.74, 6) is 0.353. The zero-order valence-corrected chi connectivity index (χ0v) is 13.9. The van der Waals surface area contributed by atoms with E-state index in [4.69, 9.17) is 16.3 Å². The van der Waals surface area contributed by atoms with Crippen LogP contribution in [0.3, 0.4) is 0 Å². The lowest BCUT2D eigenvalue weighted by molar-refractivity contribution is -0.117. The lowest BCUT2D eigenvalue weighted by atomic mass is 10.1. The third kappa shape index (κ3) is 3.95. The number of benzene rings is 1. The molecule has 1 heterocycles. The summed E-state index contributed by atoms with van der Waals surface area (Å²) in [4.78, 5) is 11.7. The summed E-state index contributed by atoms with van der Waals surface area (Å²) >= 11 is 6.21. The Hall–Kier alpha value is -1.59. The van der Waals surface area contributed by atoms with Gasteiger partial charge in [0.15, 0.2) is 5.82 Å². The second-order valence-corrected chi connectivity index (χ2v) is 4.76. The second-order valence-electron chi connectivity index (χ2n) is 4.35. The lowest BCUT2D eigenvalue weighted by Gasteiger charge is -2.03. The molecule has 2 rings (SSSR count). The van der Waals surface area contributed by atoms with Gasteiger partial charge in [-0.2, -0.15) is 5.10 Å². The second kappa shape index (κ2) is 8.00. The number of ether oxygens (including phenoxy) is 1. The Morgan fingerprint density at radius 1 is 1.43 bits per heavy atom. The van der Waals surface area contributed by atoms with Crippen molar-refractivity contribution in [1.29, 1.82) is 0 Å². The maximum Gasteiger partial charge on any atom is 0.227 e. The fourth-order valence-corrected chi connectivity index (χ4v) is 2.28. The summed E-state index contributed by atoms with van der Waals surface area (Å²) in [6.45, 7) is 6.36. The van der Waals surface area contributed by atoms with Crippen molar-refractivity contribution in [2.45, 2.75) is 27.2 Å². The Balaban J connectivity index is 0.00000106. The van der Waals surface area contributed by atoms with Gasteiger partial charge in [-0.1, -0.05) is 31.5 Å². The number of fused-ring (bicyclic) bond motifs is 1. The molecule has 0 spiro atoms. The van der Waals surface area contributed by atoms with Crippen LogP contribution in [0.2, 0.25) is 5.02 Å². The van der Waals surface area contributed by atoms with Gasteiger partial charge in [-0.3, -0.25) is 9.48 Å². The number of hydrogen-bond acceptors (Lipinski definition) is 3. The number of nitrogens with one attached hydrogen (secondary N) is 1. The standard InChI is InChI=1S/C13H16ClN3O2.C2H6/c1-8-4-5-9(14)11-12(8)17(2)16-13(11)15-10(18)6-7-19-3;1-2/h4-5H,6-7H2,1-3H3,(H,15,16,18);1-2H3. The van der Waals surface area contributed by atoms with Crippen molar-refractivity contribution in [3.63, 3.8) is 0 Å². The summed E-state index contributed by atoms with van der Waals surface area (Å²) in [6.07, 6.45) is 0.290. The molecule has 1 aromatic carbocycles. The number of aryl methyl sites for hydroxylation is 2. The summed E-state index contributed by atoms with van der Waals surface area (Å²) in [6, 6.07) is 3.74. The Labute approximate surface area is 130 Å². The van der Waals surface area contributed by atoms with Crippen LogP contribution < -0.4 is 5.32 Å². The molecule has 6 heteroatoms. The highest BCUT2D eigenvalue weighted by molar-refractivity contribution is 6.36. The maximum absolute atomic E-state index is 11.7. The predicted octanol–water partition coefficient (Wildman–Crippen LogP) is 3.54. The summed E-state index contributed by atoms with van der Waals surface area (Å²) in [7, 11) is 3.39. The fourth-order valence-electron chi connectivity index (χ4n) is 2.04. The van der Waals surface area contributed by atoms with Crippen molar-refractivity contribution < 1.29 is 9.53 Å². The number of nitrogens with zero attached hydrogens (tertiary/aromatic N) is 2. The number of hydrogen-bond donors (Lipinski definition) is 1. The van der Waals surface area contributed by atoms with Crippen molar-refractivity contribution in [3.8, 4) is 0 Å². The first-order valence-corrected chi connectivity index (χ1v) is 7.33. The third-order valence-corrected chi connectivity index (χ3v) is 3.25. The zero-order valence-electron chi connectivity index (χ0n) is 13.2. The normalized spacial score (nSPS) is 10.2. The molecule has 0 radical (unpaired) electrons. The molecule has 0 saturated heterocycles. The topological polar surface area (TPSA) is 56.1 Å². The number of halogens is 1. The summed E-state index contributed by atoms with van der Waals surface area (Å²) in [5, 5.41) is 8.44. The van der Waals surface area contributed by atoms with Crippen LogP contribution in [-0.2, 0) is 16.6 Å². The maximum atomic E-state index is 11.7. The number of aromatic nitrogens is 2. The average molecular weight is 312 g/mol. The first kappa shape index (κ1) is 17.5. The molecule has 0 aliphatic heterocycles. The van der Waals surface area contributed by atoms with Gasteiger partial charge in [-0.15, -0.1) is 0 Å². The Morgan fingerprint density at radius 3 is 2.71 bits per heavy atom. The van der Waals surface area contributed by atoms with Gasteiger partial charge in [-0.05, 0) is 18.6 Å². The van der Waals surface area contributed by atoms with Gasteiger partial charge >= 0.3 is 0 Å². The minimum Gasteiger partial charge on any atom is -0.384 e. The number of methoxy groups -OCH3 is 1. The van der Waals surface area contributed by atoms with E-state index in [1.54, 1.807) is 11.8 Å². The van der Waals surface area contributed by atoms with Crippen LogP contribution in [0.5, 0.6) is 0 Å². The van der Waals surface area contributed by atoms with E-state index in [1.807, 2.05) is 40.0 Å². The molecular formula is C15H22ClN3O2. The molecule has 1 amide bonds. The Morgan fingerprint density at radius 2 is 2.10 bits per heavy atom. The molecule has 0 atom stereocenters. The van der Waals surface area contributed by atoms with E-state index in [9.17, 15) is 4.79 Å². The van der Waals surface area contributed by atoms with E-state index < -0.39 is 0 Å². The number of amides is 1. The molecule has 1 N–H and O–H groups in total. The quantitative estimate of drug-likeness (QED) is 0.939. The smallest absolute Gasteiger partial charge is 0.227 e. The molecule has 5 nitrogen and oxygen atoms in total. The van der Waals surface area contributed by atoms with Crippen LogP contribution in [0.1, 0.15) is 25.8 Å². The molecule has 116 valence electrons. The first-order valence-electron chi connectivity index (χ1n) is 6.95. The van der Waals surface area contributed by atoms with E-state index in [2.05, 4.69) is 10.4 Å². The van der Waals surface area contributed by atoms with Gasteiger partial charge in [0, 0.05) is 14.2 Å². The Kier molecular flexibility index (Phi) is 6.65. The highest BCUT2D eigenvalue weighted by Gasteiger charge is 2.15. The first-order chi connectivity index (χ1) is 10.0. The molecule has 0 fully saturated rings. The van der Waals surface area contributed by atoms with Gasteiger partial charge in [0.25, 0.3) is 0 Å². The lowest BCUT2D eigenvalue weighted by Crippen LogP contribution is -2.14. The third-order valence-electron chi connectivity index (χ3n) is 2.93. The molecule has 2 aromatic rings. The molecular weight excluding hydrogens is 290 g/mol. The Bertz CT molecular complexity index is 623. The highest BCUT2D eigenvalue weighted by Crippen LogP contribution is 2.31. The largest absolute Gasteiger partial charge is 0.384 e. The van der Waals surface area contributed by atoms with E-state index in [0.29, 0.717) is 17.4 Å². The molecule has 0 aliphatic carbocycles. The average Bonchev–Trinajstić information content (AvgIpc) is 2.80. The molecule has 21 heavy (non-hydrogen) atoms. The van der Waals surface area contributed by atoms with Gasteiger partial charge in [0.2, 0.25) is 5.91 Å². The highest BCUT2D eigenvalue weighted by atomic mass is 35.5. The van der Waals surface area contributed by atoms with Crippen LogP contribution in [0, 0.1) is 6.92 Å². The molecule has 0 aliphatic rings. The van der Waals surface area contributed by atoms with Crippen LogP contribution in [0.4, 0.5) is 5.82 Å². The van der Waals surface area contributed by atoms with Crippen LogP contribution in [0.15, 0.2) is 12.1 Å². The monoisotopic (exact) mass is 311 g/mol. The van der Waals surface area contributed by atoms with Gasteiger partial charge < -0.3 is 10.1 Å². The van der Waals surface area contributed by atoms with E-state index in [0.717, 1.165) is 16.5 Å². The van der Waals surface area contributed by atoms with Crippen LogP contribution >= 0.6 is 11.6 Å². The van der Waals surface area contributed by atoms with E-state index in [-0.39, 0.29) is 12.3 Å². The van der Waals surface area contributed by atoms with Crippen LogP contribution in [0.25, 0.3) is 10.9 Å². The van der Waals surface area contributed by atoms with Crippen molar-refractivity contribution in [2.75, 3.05) is 19.0 Å². The predicted molar refractivity (Wildman–Crippen MR) is 86.9 cm³/mol. The number of carbonyl (C=O) groups excluding carboxylic acids is 1. The molecule has 1 aromatic heterocycles.